The second kappa shape index (κ2) is 8.98. The molecule has 1 heterocycles. The average molecular weight is 445 g/mol. The summed E-state index contributed by atoms with van der Waals surface area (Å²) in [6.45, 7) is 5.44. The maximum absolute atomic E-state index is 13.2. The number of nitrogens with one attached hydrogen (secondary N) is 1. The van der Waals surface area contributed by atoms with E-state index in [4.69, 9.17) is 16.3 Å². The van der Waals surface area contributed by atoms with Gasteiger partial charge in [0.1, 0.15) is 17.7 Å². The van der Waals surface area contributed by atoms with Crippen LogP contribution < -0.4 is 5.32 Å². The van der Waals surface area contributed by atoms with Gasteiger partial charge in [-0.05, 0) is 49.6 Å². The van der Waals surface area contributed by atoms with E-state index < -0.39 is 35.7 Å². The van der Waals surface area contributed by atoms with Crippen molar-refractivity contribution in [3.05, 3.63) is 70.2 Å². The normalized spacial score (nSPS) is 16.4. The molecule has 0 radical (unpaired) electrons. The van der Waals surface area contributed by atoms with Gasteiger partial charge in [0.15, 0.2) is 0 Å². The highest BCUT2D eigenvalue weighted by Gasteiger charge is 2.41. The topological polar surface area (TPSA) is 95.9 Å². The Hall–Kier alpha value is -3.06. The molecule has 0 saturated heterocycles. The Kier molecular flexibility index (Phi) is 6.55. The summed E-state index contributed by atoms with van der Waals surface area (Å²) in [5.41, 5.74) is 1.46. The fourth-order valence-electron chi connectivity index (χ4n) is 3.47. The molecular formula is C23H25ClN2O5. The van der Waals surface area contributed by atoms with Crippen molar-refractivity contribution in [2.75, 3.05) is 0 Å². The number of hydrogen-bond donors (Lipinski definition) is 2. The summed E-state index contributed by atoms with van der Waals surface area (Å²) in [4.78, 5) is 39.1. The smallest absolute Gasteiger partial charge is 0.411 e. The first kappa shape index (κ1) is 22.6. The van der Waals surface area contributed by atoms with Crippen LogP contribution in [0.4, 0.5) is 4.79 Å². The highest BCUT2D eigenvalue weighted by atomic mass is 35.5. The van der Waals surface area contributed by atoms with E-state index in [9.17, 15) is 19.5 Å². The third kappa shape index (κ3) is 5.55. The molecule has 0 fully saturated rings. The van der Waals surface area contributed by atoms with Gasteiger partial charge in [-0.1, -0.05) is 48.0 Å². The van der Waals surface area contributed by atoms with E-state index in [2.05, 4.69) is 5.32 Å². The lowest BCUT2D eigenvalue weighted by Gasteiger charge is -2.29. The molecule has 8 heteroatoms. The molecular weight excluding hydrogens is 420 g/mol. The van der Waals surface area contributed by atoms with Crippen molar-refractivity contribution in [3.8, 4) is 0 Å². The molecule has 0 aromatic heterocycles. The Morgan fingerprint density at radius 3 is 2.42 bits per heavy atom. The van der Waals surface area contributed by atoms with Crippen LogP contribution in [0.15, 0.2) is 48.5 Å². The second-order valence-electron chi connectivity index (χ2n) is 8.44. The van der Waals surface area contributed by atoms with Crippen LogP contribution in [-0.4, -0.2) is 39.6 Å². The van der Waals surface area contributed by atoms with Crippen molar-refractivity contribution >= 4 is 29.6 Å². The lowest BCUT2D eigenvalue weighted by atomic mass is 10.0. The number of carboxylic acid groups (broad SMARTS) is 1. The van der Waals surface area contributed by atoms with Gasteiger partial charge in [-0.15, -0.1) is 0 Å². The zero-order valence-corrected chi connectivity index (χ0v) is 18.3. The number of halogens is 1. The highest BCUT2D eigenvalue weighted by Crippen LogP contribution is 2.35. The van der Waals surface area contributed by atoms with E-state index in [0.29, 0.717) is 16.1 Å². The molecule has 3 rings (SSSR count). The monoisotopic (exact) mass is 444 g/mol. The number of hydrogen-bond acceptors (Lipinski definition) is 4. The predicted molar refractivity (Wildman–Crippen MR) is 116 cm³/mol. The molecule has 0 aliphatic carbocycles. The molecule has 0 saturated carbocycles. The molecule has 2 aromatic carbocycles. The molecule has 0 spiro atoms. The van der Waals surface area contributed by atoms with Gasteiger partial charge in [-0.25, -0.2) is 9.59 Å². The Bertz CT molecular complexity index is 984. The van der Waals surface area contributed by atoms with Crippen molar-refractivity contribution in [2.24, 2.45) is 0 Å². The summed E-state index contributed by atoms with van der Waals surface area (Å²) in [6.07, 6.45) is -0.549. The Morgan fingerprint density at radius 1 is 1.16 bits per heavy atom. The lowest BCUT2D eigenvalue weighted by molar-refractivity contribution is -0.142. The fraction of sp³-hybridized carbons (Fsp3) is 0.348. The van der Waals surface area contributed by atoms with Gasteiger partial charge in [-0.2, -0.15) is 0 Å². The van der Waals surface area contributed by atoms with Gasteiger partial charge in [0, 0.05) is 11.4 Å². The molecule has 1 aliphatic heterocycles. The van der Waals surface area contributed by atoms with Gasteiger partial charge in [0.2, 0.25) is 5.91 Å². The van der Waals surface area contributed by atoms with Crippen molar-refractivity contribution in [2.45, 2.75) is 51.4 Å². The van der Waals surface area contributed by atoms with Crippen LogP contribution in [0, 0.1) is 0 Å². The van der Waals surface area contributed by atoms with Crippen molar-refractivity contribution in [1.82, 2.24) is 10.2 Å². The number of aliphatic carboxylic acids is 1. The van der Waals surface area contributed by atoms with E-state index >= 15 is 0 Å². The van der Waals surface area contributed by atoms with Crippen LogP contribution in [0.3, 0.4) is 0 Å². The van der Waals surface area contributed by atoms with Gasteiger partial charge >= 0.3 is 12.1 Å². The van der Waals surface area contributed by atoms with Crippen LogP contribution in [0.5, 0.6) is 0 Å². The predicted octanol–water partition coefficient (Wildman–Crippen LogP) is 3.94. The summed E-state index contributed by atoms with van der Waals surface area (Å²) in [6, 6.07) is 11.8. The molecule has 1 unspecified atom stereocenters. The Balaban J connectivity index is 1.83. The summed E-state index contributed by atoms with van der Waals surface area (Å²) in [7, 11) is 0. The molecule has 1 aliphatic rings. The number of carboxylic acids is 1. The van der Waals surface area contributed by atoms with Crippen LogP contribution >= 0.6 is 11.6 Å². The number of amides is 2. The quantitative estimate of drug-likeness (QED) is 0.728. The van der Waals surface area contributed by atoms with Crippen LogP contribution in [0.2, 0.25) is 5.02 Å². The number of fused-ring (bicyclic) bond motifs is 1. The molecule has 2 N–H and O–H groups in total. The second-order valence-corrected chi connectivity index (χ2v) is 8.88. The first-order chi connectivity index (χ1) is 14.5. The van der Waals surface area contributed by atoms with E-state index in [-0.39, 0.29) is 13.0 Å². The minimum atomic E-state index is -1.17. The number of benzene rings is 2. The standard InChI is InChI=1S/C23H25ClN2O5/c1-23(2,3)31-22(30)26-13-15-6-4-5-7-17(15)19(26)20(27)25-18(21(28)29)12-14-8-10-16(24)11-9-14/h4-11,18-19H,12-13H2,1-3H3,(H,25,27)(H,28,29)/t18-,19?/m1/s1. The Morgan fingerprint density at radius 2 is 1.81 bits per heavy atom. The average Bonchev–Trinajstić information content (AvgIpc) is 3.07. The van der Waals surface area contributed by atoms with Gasteiger partial charge < -0.3 is 15.2 Å². The van der Waals surface area contributed by atoms with E-state index in [1.54, 1.807) is 57.2 Å². The maximum atomic E-state index is 13.2. The zero-order chi connectivity index (χ0) is 22.8. The van der Waals surface area contributed by atoms with Gasteiger partial charge in [0.25, 0.3) is 0 Å². The van der Waals surface area contributed by atoms with Gasteiger partial charge in [0.05, 0.1) is 6.54 Å². The molecule has 0 bridgehead atoms. The molecule has 31 heavy (non-hydrogen) atoms. The minimum Gasteiger partial charge on any atom is -0.480 e. The van der Waals surface area contributed by atoms with Crippen molar-refractivity contribution < 1.29 is 24.2 Å². The zero-order valence-electron chi connectivity index (χ0n) is 17.6. The number of carbonyl (C=O) groups excluding carboxylic acids is 2. The van der Waals surface area contributed by atoms with Crippen molar-refractivity contribution in [1.29, 1.82) is 0 Å². The van der Waals surface area contributed by atoms with E-state index in [1.807, 2.05) is 12.1 Å². The third-order valence-electron chi connectivity index (χ3n) is 4.85. The van der Waals surface area contributed by atoms with Crippen LogP contribution in [-0.2, 0) is 27.3 Å². The number of ether oxygens (including phenoxy) is 1. The SMILES string of the molecule is CC(C)(C)OC(=O)N1Cc2ccccc2C1C(=O)N[C@H](Cc1ccc(Cl)cc1)C(=O)O. The first-order valence-corrected chi connectivity index (χ1v) is 10.3. The van der Waals surface area contributed by atoms with Crippen LogP contribution in [0.25, 0.3) is 0 Å². The molecule has 2 atom stereocenters. The van der Waals surface area contributed by atoms with E-state index in [1.165, 1.54) is 4.90 Å². The van der Waals surface area contributed by atoms with Gasteiger partial charge in [-0.3, -0.25) is 9.69 Å². The van der Waals surface area contributed by atoms with E-state index in [0.717, 1.165) is 5.56 Å². The number of carbonyl (C=O) groups is 3. The molecule has 2 aromatic rings. The first-order valence-electron chi connectivity index (χ1n) is 9.90. The van der Waals surface area contributed by atoms with Crippen molar-refractivity contribution in [3.63, 3.8) is 0 Å². The summed E-state index contributed by atoms with van der Waals surface area (Å²) < 4.78 is 5.47. The Labute approximate surface area is 186 Å². The largest absolute Gasteiger partial charge is 0.480 e. The molecule has 164 valence electrons. The molecule has 2 amide bonds. The third-order valence-corrected chi connectivity index (χ3v) is 5.10. The summed E-state index contributed by atoms with van der Waals surface area (Å²) in [5, 5.41) is 12.8. The number of rotatable bonds is 5. The molecule has 7 nitrogen and oxygen atoms in total. The summed E-state index contributed by atoms with van der Waals surface area (Å²) >= 11 is 5.89. The summed E-state index contributed by atoms with van der Waals surface area (Å²) in [5.74, 6) is -1.74. The van der Waals surface area contributed by atoms with Crippen LogP contribution in [0.1, 0.15) is 43.5 Å². The minimum absolute atomic E-state index is 0.0824. The lowest BCUT2D eigenvalue weighted by Crippen LogP contribution is -2.48. The number of nitrogens with zero attached hydrogens (tertiary/aromatic N) is 1. The highest BCUT2D eigenvalue weighted by molar-refractivity contribution is 6.30. The maximum Gasteiger partial charge on any atom is 0.411 e. The fourth-order valence-corrected chi connectivity index (χ4v) is 3.59.